The number of nitrogens with zero attached hydrogens (tertiary/aromatic N) is 1. The largest absolute Gasteiger partial charge is 0.394 e. The van der Waals surface area contributed by atoms with Crippen LogP contribution in [0, 0.1) is 0 Å². The number of hydrogen-bond donors (Lipinski definition) is 2. The maximum Gasteiger partial charge on any atom is 0.0702 e. The SMILES string of the molecule is NC(CO)c1cnc2ccc(Br)cc2c1. The Morgan fingerprint density at radius 3 is 2.93 bits per heavy atom. The van der Waals surface area contributed by atoms with E-state index >= 15 is 0 Å². The number of aliphatic hydroxyl groups is 1. The molecule has 0 aliphatic carbocycles. The molecule has 3 nitrogen and oxygen atoms in total. The molecule has 1 aromatic carbocycles. The van der Waals surface area contributed by atoms with Gasteiger partial charge >= 0.3 is 0 Å². The number of aromatic nitrogens is 1. The van der Waals surface area contributed by atoms with E-state index in [1.165, 1.54) is 0 Å². The van der Waals surface area contributed by atoms with Crippen molar-refractivity contribution in [3.05, 3.63) is 40.5 Å². The van der Waals surface area contributed by atoms with Gasteiger partial charge in [-0.3, -0.25) is 4.98 Å². The minimum atomic E-state index is -0.360. The van der Waals surface area contributed by atoms with Crippen LogP contribution in [-0.2, 0) is 0 Å². The van der Waals surface area contributed by atoms with Gasteiger partial charge in [-0.05, 0) is 29.8 Å². The summed E-state index contributed by atoms with van der Waals surface area (Å²) in [5, 5.41) is 9.97. The second-order valence-electron chi connectivity index (χ2n) is 3.39. The molecule has 15 heavy (non-hydrogen) atoms. The van der Waals surface area contributed by atoms with Crippen molar-refractivity contribution in [1.82, 2.24) is 4.98 Å². The summed E-state index contributed by atoms with van der Waals surface area (Å²) < 4.78 is 1.01. The first-order chi connectivity index (χ1) is 7.20. The Labute approximate surface area is 96.1 Å². The highest BCUT2D eigenvalue weighted by Crippen LogP contribution is 2.20. The number of halogens is 1. The van der Waals surface area contributed by atoms with Gasteiger partial charge in [0.25, 0.3) is 0 Å². The minimum Gasteiger partial charge on any atom is -0.394 e. The summed E-state index contributed by atoms with van der Waals surface area (Å²) in [6.45, 7) is -0.0683. The van der Waals surface area contributed by atoms with Crippen LogP contribution in [0.1, 0.15) is 11.6 Å². The summed E-state index contributed by atoms with van der Waals surface area (Å²) in [5.74, 6) is 0. The van der Waals surface area contributed by atoms with E-state index in [9.17, 15) is 0 Å². The number of pyridine rings is 1. The lowest BCUT2D eigenvalue weighted by molar-refractivity contribution is 0.268. The summed E-state index contributed by atoms with van der Waals surface area (Å²) in [4.78, 5) is 4.28. The zero-order valence-corrected chi connectivity index (χ0v) is 9.61. The molecule has 0 bridgehead atoms. The van der Waals surface area contributed by atoms with Crippen LogP contribution in [0.15, 0.2) is 34.9 Å². The van der Waals surface area contributed by atoms with Crippen LogP contribution in [0.4, 0.5) is 0 Å². The van der Waals surface area contributed by atoms with Crippen molar-refractivity contribution in [2.24, 2.45) is 5.73 Å². The Balaban J connectivity index is 2.54. The molecule has 0 spiro atoms. The minimum absolute atomic E-state index is 0.0683. The summed E-state index contributed by atoms with van der Waals surface area (Å²) in [5.41, 5.74) is 7.49. The van der Waals surface area contributed by atoms with E-state index in [0.29, 0.717) is 0 Å². The first kappa shape index (κ1) is 10.5. The van der Waals surface area contributed by atoms with Gasteiger partial charge in [0, 0.05) is 16.1 Å². The van der Waals surface area contributed by atoms with Crippen LogP contribution in [0.2, 0.25) is 0 Å². The van der Waals surface area contributed by atoms with Gasteiger partial charge in [0.1, 0.15) is 0 Å². The standard InChI is InChI=1S/C11H11BrN2O/c12-9-1-2-11-7(4-9)3-8(5-14-11)10(13)6-15/h1-5,10,15H,6,13H2. The maximum atomic E-state index is 8.95. The van der Waals surface area contributed by atoms with E-state index in [4.69, 9.17) is 10.8 Å². The Morgan fingerprint density at radius 1 is 1.40 bits per heavy atom. The predicted molar refractivity (Wildman–Crippen MR) is 63.5 cm³/mol. The van der Waals surface area contributed by atoms with Crippen LogP contribution < -0.4 is 5.73 Å². The van der Waals surface area contributed by atoms with Gasteiger partial charge in [0.15, 0.2) is 0 Å². The molecule has 1 unspecified atom stereocenters. The van der Waals surface area contributed by atoms with Crippen molar-refractivity contribution in [2.45, 2.75) is 6.04 Å². The third kappa shape index (κ3) is 2.17. The molecule has 1 aromatic heterocycles. The third-order valence-corrected chi connectivity index (χ3v) is 2.78. The van der Waals surface area contributed by atoms with Gasteiger partial charge in [-0.15, -0.1) is 0 Å². The normalized spacial score (nSPS) is 13.0. The first-order valence-corrected chi connectivity index (χ1v) is 5.41. The highest BCUT2D eigenvalue weighted by atomic mass is 79.9. The number of nitrogens with two attached hydrogens (primary N) is 1. The Hall–Kier alpha value is -0.970. The molecule has 0 fully saturated rings. The number of aliphatic hydroxyl groups excluding tert-OH is 1. The fourth-order valence-electron chi connectivity index (χ4n) is 1.43. The summed E-state index contributed by atoms with van der Waals surface area (Å²) >= 11 is 3.40. The van der Waals surface area contributed by atoms with Gasteiger partial charge in [-0.25, -0.2) is 0 Å². The molecule has 4 heteroatoms. The molecule has 0 aliphatic heterocycles. The zero-order chi connectivity index (χ0) is 10.8. The molecule has 1 heterocycles. The lowest BCUT2D eigenvalue weighted by Gasteiger charge is -2.08. The van der Waals surface area contributed by atoms with Gasteiger partial charge in [0.05, 0.1) is 18.2 Å². The van der Waals surface area contributed by atoms with Crippen molar-refractivity contribution in [1.29, 1.82) is 0 Å². The quantitative estimate of drug-likeness (QED) is 0.874. The van der Waals surface area contributed by atoms with Gasteiger partial charge in [-0.2, -0.15) is 0 Å². The summed E-state index contributed by atoms with van der Waals surface area (Å²) in [6.07, 6.45) is 1.71. The van der Waals surface area contributed by atoms with Crippen LogP contribution in [0.5, 0.6) is 0 Å². The Morgan fingerprint density at radius 2 is 2.20 bits per heavy atom. The Kier molecular flexibility index (Phi) is 3.00. The van der Waals surface area contributed by atoms with Crippen LogP contribution in [0.25, 0.3) is 10.9 Å². The monoisotopic (exact) mass is 266 g/mol. The topological polar surface area (TPSA) is 59.1 Å². The highest BCUT2D eigenvalue weighted by molar-refractivity contribution is 9.10. The van der Waals surface area contributed by atoms with Gasteiger partial charge in [-0.1, -0.05) is 15.9 Å². The molecule has 0 saturated carbocycles. The summed E-state index contributed by atoms with van der Waals surface area (Å²) in [6, 6.07) is 7.46. The smallest absolute Gasteiger partial charge is 0.0702 e. The third-order valence-electron chi connectivity index (χ3n) is 2.29. The summed E-state index contributed by atoms with van der Waals surface area (Å²) in [7, 11) is 0. The molecule has 2 rings (SSSR count). The first-order valence-electron chi connectivity index (χ1n) is 4.62. The predicted octanol–water partition coefficient (Wildman–Crippen LogP) is 1.99. The number of hydrogen-bond acceptors (Lipinski definition) is 3. The molecule has 0 saturated heterocycles. The van der Waals surface area contributed by atoms with Crippen molar-refractivity contribution in [3.63, 3.8) is 0 Å². The van der Waals surface area contributed by atoms with Crippen LogP contribution in [0.3, 0.4) is 0 Å². The lowest BCUT2D eigenvalue weighted by Crippen LogP contribution is -2.14. The lowest BCUT2D eigenvalue weighted by atomic mass is 10.1. The van der Waals surface area contributed by atoms with E-state index in [-0.39, 0.29) is 12.6 Å². The molecule has 0 radical (unpaired) electrons. The second kappa shape index (κ2) is 4.26. The second-order valence-corrected chi connectivity index (χ2v) is 4.31. The number of rotatable bonds is 2. The molecule has 78 valence electrons. The molecule has 0 amide bonds. The Bertz CT molecular complexity index is 487. The molecule has 0 aliphatic rings. The van der Waals surface area contributed by atoms with Gasteiger partial charge < -0.3 is 10.8 Å². The van der Waals surface area contributed by atoms with Gasteiger partial charge in [0.2, 0.25) is 0 Å². The van der Waals surface area contributed by atoms with Crippen LogP contribution >= 0.6 is 15.9 Å². The highest BCUT2D eigenvalue weighted by Gasteiger charge is 2.05. The molecule has 3 N–H and O–H groups in total. The maximum absolute atomic E-state index is 8.95. The average Bonchev–Trinajstić information content (AvgIpc) is 2.27. The molecular weight excluding hydrogens is 256 g/mol. The van der Waals surface area contributed by atoms with Crippen molar-refractivity contribution >= 4 is 26.8 Å². The van der Waals surface area contributed by atoms with E-state index in [2.05, 4.69) is 20.9 Å². The van der Waals surface area contributed by atoms with Crippen molar-refractivity contribution < 1.29 is 5.11 Å². The van der Waals surface area contributed by atoms with E-state index in [1.807, 2.05) is 24.3 Å². The molecule has 2 aromatic rings. The van der Waals surface area contributed by atoms with E-state index in [1.54, 1.807) is 6.20 Å². The number of benzene rings is 1. The van der Waals surface area contributed by atoms with E-state index in [0.717, 1.165) is 20.9 Å². The molecular formula is C11H11BrN2O. The van der Waals surface area contributed by atoms with Crippen molar-refractivity contribution in [3.8, 4) is 0 Å². The number of fused-ring (bicyclic) bond motifs is 1. The van der Waals surface area contributed by atoms with Crippen LogP contribution in [-0.4, -0.2) is 16.7 Å². The van der Waals surface area contributed by atoms with Crippen molar-refractivity contribution in [2.75, 3.05) is 6.61 Å². The molecule has 1 atom stereocenters. The fraction of sp³-hybridized carbons (Fsp3) is 0.182. The van der Waals surface area contributed by atoms with E-state index < -0.39 is 0 Å². The average molecular weight is 267 g/mol. The zero-order valence-electron chi connectivity index (χ0n) is 8.02. The fourth-order valence-corrected chi connectivity index (χ4v) is 1.81.